The van der Waals surface area contributed by atoms with E-state index in [9.17, 15) is 0 Å². The second-order valence-electron chi connectivity index (χ2n) is 16.3. The van der Waals surface area contributed by atoms with E-state index in [4.69, 9.17) is 0 Å². The van der Waals surface area contributed by atoms with E-state index >= 15 is 0 Å². The van der Waals surface area contributed by atoms with Crippen LogP contribution in [0.15, 0.2) is 0 Å². The van der Waals surface area contributed by atoms with Crippen LogP contribution < -0.4 is 0 Å². The monoisotopic (exact) mass is 461 g/mol. The summed E-state index contributed by atoms with van der Waals surface area (Å²) in [6.07, 6.45) is 5.41. The Kier molecular flexibility index (Phi) is 7.06. The zero-order chi connectivity index (χ0) is 25.4. The molecule has 3 rings (SSSR count). The molecule has 0 radical (unpaired) electrons. The third kappa shape index (κ3) is 5.36. The first-order chi connectivity index (χ1) is 14.7. The minimum Gasteiger partial charge on any atom is -0.306 e. The molecule has 0 spiro atoms. The summed E-state index contributed by atoms with van der Waals surface area (Å²) in [5, 5.41) is 0. The molecule has 6 atom stereocenters. The van der Waals surface area contributed by atoms with Gasteiger partial charge in [-0.05, 0) is 104 Å². The van der Waals surface area contributed by atoms with Gasteiger partial charge in [0.25, 0.3) is 0 Å². The number of rotatable bonds is 6. The van der Waals surface area contributed by atoms with E-state index in [0.717, 1.165) is 12.0 Å². The lowest BCUT2D eigenvalue weighted by Crippen LogP contribution is -2.53. The fourth-order valence-corrected chi connectivity index (χ4v) is 7.79. The van der Waals surface area contributed by atoms with Crippen molar-refractivity contribution in [2.75, 3.05) is 20.1 Å². The maximum atomic E-state index is 2.90. The summed E-state index contributed by atoms with van der Waals surface area (Å²) >= 11 is 0. The first-order valence-electron chi connectivity index (χ1n) is 14.0. The average molecular weight is 462 g/mol. The van der Waals surface area contributed by atoms with Gasteiger partial charge in [-0.3, -0.25) is 9.80 Å². The van der Waals surface area contributed by atoms with Gasteiger partial charge in [-0.25, -0.2) is 0 Å². The molecule has 0 bridgehead atoms. The molecule has 33 heavy (non-hydrogen) atoms. The van der Waals surface area contributed by atoms with Crippen LogP contribution in [0.4, 0.5) is 0 Å². The fourth-order valence-electron chi connectivity index (χ4n) is 7.79. The summed E-state index contributed by atoms with van der Waals surface area (Å²) in [7, 11) is 2.40. The predicted molar refractivity (Wildman–Crippen MR) is 145 cm³/mol. The molecule has 3 fully saturated rings. The van der Waals surface area contributed by atoms with Crippen molar-refractivity contribution in [3.05, 3.63) is 0 Å². The topological polar surface area (TPSA) is 9.72 Å². The first-order valence-corrected chi connectivity index (χ1v) is 14.0. The summed E-state index contributed by atoms with van der Waals surface area (Å²) < 4.78 is 0. The Morgan fingerprint density at radius 3 is 1.79 bits per heavy atom. The molecule has 3 unspecified atom stereocenters. The third-order valence-electron chi connectivity index (χ3n) is 9.78. The molecular formula is C30H59N3. The number of hydrogen-bond donors (Lipinski definition) is 0. The van der Waals surface area contributed by atoms with Gasteiger partial charge in [-0.15, -0.1) is 0 Å². The van der Waals surface area contributed by atoms with Crippen LogP contribution in [-0.4, -0.2) is 70.1 Å². The Hall–Kier alpha value is -0.120. The SMILES string of the molecule is C[C@@H]1[C@@H](C)CC(C(C)(C)CCN(C)C[C@@]23CC(C(C)(C)C)N(C(C)(C)C)C2C3)N1C(C)(C)C. The van der Waals surface area contributed by atoms with Crippen LogP contribution in [0.25, 0.3) is 0 Å². The minimum atomic E-state index is 0.237. The Balaban J connectivity index is 1.64. The fraction of sp³-hybridized carbons (Fsp3) is 1.00. The largest absolute Gasteiger partial charge is 0.306 e. The van der Waals surface area contributed by atoms with Gasteiger partial charge in [-0.1, -0.05) is 41.5 Å². The van der Waals surface area contributed by atoms with Crippen molar-refractivity contribution in [3.8, 4) is 0 Å². The van der Waals surface area contributed by atoms with Crippen molar-refractivity contribution >= 4 is 0 Å². The van der Waals surface area contributed by atoms with E-state index in [0.29, 0.717) is 34.4 Å². The summed E-state index contributed by atoms with van der Waals surface area (Å²) in [5.41, 5.74) is 1.70. The smallest absolute Gasteiger partial charge is 0.0180 e. The van der Waals surface area contributed by atoms with Gasteiger partial charge in [-0.2, -0.15) is 0 Å². The molecule has 2 saturated heterocycles. The maximum absolute atomic E-state index is 2.90. The highest BCUT2D eigenvalue weighted by Crippen LogP contribution is 2.64. The van der Waals surface area contributed by atoms with Crippen LogP contribution in [0.2, 0.25) is 0 Å². The van der Waals surface area contributed by atoms with Gasteiger partial charge in [0, 0.05) is 47.2 Å². The van der Waals surface area contributed by atoms with Crippen molar-refractivity contribution in [1.29, 1.82) is 0 Å². The summed E-state index contributed by atoms with van der Waals surface area (Å²) in [6, 6.07) is 2.83. The standard InChI is InChI=1S/C30H59N3/c1-21-17-23(32(22(21)2)27(6,7)8)29(12,13)15-16-31(14)20-30-18-24(26(3,4)5)33(25(30)19-30)28(9,10)11/h21-25H,15-20H2,1-14H3/t21-,22+,23?,24?,25?,30-/m0/s1. The van der Waals surface area contributed by atoms with Gasteiger partial charge < -0.3 is 4.90 Å². The van der Waals surface area contributed by atoms with Crippen LogP contribution >= 0.6 is 0 Å². The van der Waals surface area contributed by atoms with E-state index in [1.54, 1.807) is 0 Å². The van der Waals surface area contributed by atoms with Crippen molar-refractivity contribution in [2.24, 2.45) is 22.2 Å². The Morgan fingerprint density at radius 2 is 1.33 bits per heavy atom. The van der Waals surface area contributed by atoms with Crippen molar-refractivity contribution in [1.82, 2.24) is 14.7 Å². The molecule has 0 N–H and O–H groups in total. The molecule has 3 heteroatoms. The van der Waals surface area contributed by atoms with E-state index in [2.05, 4.69) is 112 Å². The zero-order valence-corrected chi connectivity index (χ0v) is 25.0. The molecular weight excluding hydrogens is 402 g/mol. The molecule has 3 nitrogen and oxygen atoms in total. The normalized spacial score (nSPS) is 36.6. The van der Waals surface area contributed by atoms with Crippen molar-refractivity contribution in [3.63, 3.8) is 0 Å². The molecule has 1 aliphatic carbocycles. The van der Waals surface area contributed by atoms with Gasteiger partial charge in [0.15, 0.2) is 0 Å². The van der Waals surface area contributed by atoms with Crippen LogP contribution in [-0.2, 0) is 0 Å². The predicted octanol–water partition coefficient (Wildman–Crippen LogP) is 6.91. The van der Waals surface area contributed by atoms with E-state index in [1.807, 2.05) is 0 Å². The molecule has 3 aliphatic rings. The molecule has 2 heterocycles. The molecule has 2 aliphatic heterocycles. The molecule has 0 aromatic carbocycles. The van der Waals surface area contributed by atoms with E-state index in [-0.39, 0.29) is 11.1 Å². The maximum Gasteiger partial charge on any atom is 0.0180 e. The lowest BCUT2D eigenvalue weighted by Gasteiger charge is -2.47. The third-order valence-corrected chi connectivity index (χ3v) is 9.78. The van der Waals surface area contributed by atoms with Crippen molar-refractivity contribution < 1.29 is 0 Å². The van der Waals surface area contributed by atoms with Gasteiger partial charge in [0.2, 0.25) is 0 Å². The average Bonchev–Trinajstić information content (AvgIpc) is 3.01. The molecule has 0 aromatic heterocycles. The number of fused-ring (bicyclic) bond motifs is 1. The van der Waals surface area contributed by atoms with Crippen molar-refractivity contribution in [2.45, 2.75) is 151 Å². The Bertz CT molecular complexity index is 691. The van der Waals surface area contributed by atoms with Gasteiger partial charge in [0.1, 0.15) is 0 Å². The summed E-state index contributed by atoms with van der Waals surface area (Å²) in [4.78, 5) is 8.43. The Morgan fingerprint density at radius 1 is 0.788 bits per heavy atom. The highest BCUT2D eigenvalue weighted by atomic mass is 15.3. The second-order valence-corrected chi connectivity index (χ2v) is 16.3. The highest BCUT2D eigenvalue weighted by Gasteiger charge is 2.67. The van der Waals surface area contributed by atoms with E-state index in [1.165, 1.54) is 38.8 Å². The summed E-state index contributed by atoms with van der Waals surface area (Å²) in [6.45, 7) is 34.4. The summed E-state index contributed by atoms with van der Waals surface area (Å²) in [5.74, 6) is 0.786. The Labute approximate surface area is 208 Å². The molecule has 194 valence electrons. The number of nitrogens with zero attached hydrogens (tertiary/aromatic N) is 3. The lowest BCUT2D eigenvalue weighted by molar-refractivity contribution is 0.0142. The number of likely N-dealkylation sites (tertiary alicyclic amines) is 2. The second kappa shape index (κ2) is 8.48. The van der Waals surface area contributed by atoms with Crippen LogP contribution in [0.1, 0.15) is 116 Å². The first kappa shape index (κ1) is 27.5. The molecule has 1 saturated carbocycles. The van der Waals surface area contributed by atoms with Crippen LogP contribution in [0, 0.1) is 22.2 Å². The van der Waals surface area contributed by atoms with Crippen LogP contribution in [0.5, 0.6) is 0 Å². The quantitative estimate of drug-likeness (QED) is 0.425. The zero-order valence-electron chi connectivity index (χ0n) is 25.0. The highest BCUT2D eigenvalue weighted by molar-refractivity contribution is 5.21. The minimum absolute atomic E-state index is 0.237. The van der Waals surface area contributed by atoms with Gasteiger partial charge in [0.05, 0.1) is 0 Å². The molecule has 0 amide bonds. The van der Waals surface area contributed by atoms with E-state index < -0.39 is 0 Å². The number of piperidine rings is 1. The number of hydrogen-bond acceptors (Lipinski definition) is 3. The van der Waals surface area contributed by atoms with Gasteiger partial charge >= 0.3 is 0 Å². The lowest BCUT2D eigenvalue weighted by atomic mass is 9.77. The molecule has 0 aromatic rings. The van der Waals surface area contributed by atoms with Crippen LogP contribution in [0.3, 0.4) is 0 Å².